The molecule has 0 aromatic rings. The molecule has 0 aromatic heterocycles. The standard InChI is InChI=1S/C8H8BrN/c1-6-3-2-4-7(5-9)8(6)10/h2-4H,5H2,1H3. The molecule has 1 nitrogen and oxygen atoms in total. The van der Waals surface area contributed by atoms with E-state index in [-0.39, 0.29) is 0 Å². The summed E-state index contributed by atoms with van der Waals surface area (Å²) in [5.74, 6) is 0. The molecule has 0 amide bonds. The van der Waals surface area contributed by atoms with Crippen molar-refractivity contribution >= 4 is 21.6 Å². The maximum Gasteiger partial charge on any atom is 0.0724 e. The molecule has 0 saturated heterocycles. The van der Waals surface area contributed by atoms with E-state index in [1.54, 1.807) is 0 Å². The van der Waals surface area contributed by atoms with Crippen molar-refractivity contribution in [3.05, 3.63) is 35.1 Å². The van der Waals surface area contributed by atoms with Gasteiger partial charge in [0.25, 0.3) is 0 Å². The molecule has 0 bridgehead atoms. The average Bonchev–Trinajstić information content (AvgIpc) is 1.95. The third-order valence-electron chi connectivity index (χ3n) is 1.47. The molecule has 0 aromatic carbocycles. The summed E-state index contributed by atoms with van der Waals surface area (Å²) < 4.78 is 0. The van der Waals surface area contributed by atoms with Crippen LogP contribution < -0.4 is 0 Å². The smallest absolute Gasteiger partial charge is 0.0724 e. The van der Waals surface area contributed by atoms with Gasteiger partial charge < -0.3 is 5.41 Å². The van der Waals surface area contributed by atoms with Crippen LogP contribution in [-0.4, -0.2) is 11.0 Å². The molecule has 0 unspecified atom stereocenters. The van der Waals surface area contributed by atoms with E-state index in [0.717, 1.165) is 11.1 Å². The zero-order valence-corrected chi connectivity index (χ0v) is 7.35. The highest BCUT2D eigenvalue weighted by Gasteiger charge is 2.10. The van der Waals surface area contributed by atoms with E-state index in [4.69, 9.17) is 0 Å². The van der Waals surface area contributed by atoms with Crippen molar-refractivity contribution in [3.63, 3.8) is 0 Å². The lowest BCUT2D eigenvalue weighted by molar-refractivity contribution is 1.46. The largest absolute Gasteiger partial charge is 0.778 e. The van der Waals surface area contributed by atoms with Crippen LogP contribution in [0.15, 0.2) is 23.3 Å². The Bertz CT molecular complexity index is 213. The molecule has 10 heavy (non-hydrogen) atoms. The molecule has 0 atom stereocenters. The van der Waals surface area contributed by atoms with Crippen molar-refractivity contribution in [1.82, 2.24) is 0 Å². The SMILES string of the molecule is CC1=C[CH+]C=C(CBr)C1=[N-]. The molecule has 2 heteroatoms. The highest BCUT2D eigenvalue weighted by atomic mass is 79.9. The number of rotatable bonds is 1. The Balaban J connectivity index is 2.80. The molecule has 0 fully saturated rings. The predicted molar refractivity (Wildman–Crippen MR) is 48.3 cm³/mol. The lowest BCUT2D eigenvalue weighted by Crippen LogP contribution is -2.06. The Kier molecular flexibility index (Phi) is 2.33. The minimum atomic E-state index is 0.402. The van der Waals surface area contributed by atoms with Crippen molar-refractivity contribution in [2.45, 2.75) is 6.92 Å². The van der Waals surface area contributed by atoms with Gasteiger partial charge in [-0.1, -0.05) is 15.9 Å². The quantitative estimate of drug-likeness (QED) is 0.456. The summed E-state index contributed by atoms with van der Waals surface area (Å²) in [7, 11) is 0. The number of alkyl halides is 1. The number of hydrogen-bond donors (Lipinski definition) is 0. The molecule has 0 heterocycles. The summed E-state index contributed by atoms with van der Waals surface area (Å²) >= 11 is 3.28. The van der Waals surface area contributed by atoms with Gasteiger partial charge in [-0.3, -0.25) is 0 Å². The maximum absolute atomic E-state index is 9.37. The first-order valence-electron chi connectivity index (χ1n) is 3.09. The van der Waals surface area contributed by atoms with Gasteiger partial charge in [0.05, 0.1) is 11.4 Å². The van der Waals surface area contributed by atoms with E-state index in [1.165, 1.54) is 0 Å². The highest BCUT2D eigenvalue weighted by Crippen LogP contribution is 2.15. The fourth-order valence-electron chi connectivity index (χ4n) is 0.828. The van der Waals surface area contributed by atoms with Gasteiger partial charge in [-0.25, -0.2) is 0 Å². The first-order valence-corrected chi connectivity index (χ1v) is 4.21. The zero-order valence-electron chi connectivity index (χ0n) is 5.76. The fraction of sp³-hybridized carbons (Fsp3) is 0.250. The van der Waals surface area contributed by atoms with E-state index in [2.05, 4.69) is 15.9 Å². The minimum Gasteiger partial charge on any atom is -0.778 e. The Labute approximate surface area is 69.5 Å². The van der Waals surface area contributed by atoms with Crippen LogP contribution in [0.3, 0.4) is 0 Å². The van der Waals surface area contributed by atoms with E-state index >= 15 is 0 Å². The minimum absolute atomic E-state index is 0.402. The molecule has 1 rings (SSSR count). The molecule has 0 spiro atoms. The van der Waals surface area contributed by atoms with Crippen LogP contribution >= 0.6 is 15.9 Å². The van der Waals surface area contributed by atoms with Crippen molar-refractivity contribution < 1.29 is 0 Å². The normalized spacial score (nSPS) is 17.6. The van der Waals surface area contributed by atoms with Gasteiger partial charge in [-0.15, -0.1) is 0 Å². The number of halogens is 1. The average molecular weight is 198 g/mol. The number of nitrogens with zero attached hydrogens (tertiary/aromatic N) is 1. The van der Waals surface area contributed by atoms with Gasteiger partial charge in [-0.2, -0.15) is 0 Å². The second-order valence-corrected chi connectivity index (χ2v) is 2.78. The lowest BCUT2D eigenvalue weighted by atomic mass is 9.99. The van der Waals surface area contributed by atoms with Crippen LogP contribution in [0, 0.1) is 6.42 Å². The zero-order chi connectivity index (χ0) is 7.56. The molecule has 0 saturated carbocycles. The Hall–Kier alpha value is -0.500. The van der Waals surface area contributed by atoms with Crippen LogP contribution in [0.25, 0.3) is 5.41 Å². The van der Waals surface area contributed by atoms with Crippen molar-refractivity contribution in [3.8, 4) is 0 Å². The van der Waals surface area contributed by atoms with Crippen LogP contribution in [-0.2, 0) is 0 Å². The molecular weight excluding hydrogens is 190 g/mol. The van der Waals surface area contributed by atoms with E-state index in [0.29, 0.717) is 11.0 Å². The number of hydrogen-bond acceptors (Lipinski definition) is 0. The highest BCUT2D eigenvalue weighted by molar-refractivity contribution is 9.09. The third-order valence-corrected chi connectivity index (χ3v) is 2.07. The van der Waals surface area contributed by atoms with Gasteiger partial charge in [0.15, 0.2) is 0 Å². The van der Waals surface area contributed by atoms with Crippen LogP contribution in [0.4, 0.5) is 0 Å². The molecule has 0 aliphatic heterocycles. The Morgan fingerprint density at radius 3 is 2.80 bits per heavy atom. The molecular formula is C8H8BrN. The third kappa shape index (κ3) is 1.32. The van der Waals surface area contributed by atoms with Crippen molar-refractivity contribution in [1.29, 1.82) is 0 Å². The summed E-state index contributed by atoms with van der Waals surface area (Å²) in [6.45, 7) is 1.89. The fourth-order valence-corrected chi connectivity index (χ4v) is 1.28. The van der Waals surface area contributed by atoms with E-state index in [9.17, 15) is 5.41 Å². The lowest BCUT2D eigenvalue weighted by Gasteiger charge is -2.10. The predicted octanol–water partition coefficient (Wildman–Crippen LogP) is 2.48. The topological polar surface area (TPSA) is 22.3 Å². The molecule has 1 aliphatic carbocycles. The summed E-state index contributed by atoms with van der Waals surface area (Å²) in [5.41, 5.74) is 2.27. The first-order chi connectivity index (χ1) is 4.75. The monoisotopic (exact) mass is 197 g/mol. The van der Waals surface area contributed by atoms with Gasteiger partial charge in [0, 0.05) is 30.6 Å². The second kappa shape index (κ2) is 3.06. The van der Waals surface area contributed by atoms with Gasteiger partial charge in [0.1, 0.15) is 0 Å². The molecule has 1 aliphatic rings. The van der Waals surface area contributed by atoms with Crippen LogP contribution in [0.5, 0.6) is 0 Å². The summed E-state index contributed by atoms with van der Waals surface area (Å²) in [6, 6.07) is 0. The van der Waals surface area contributed by atoms with Crippen molar-refractivity contribution in [2.75, 3.05) is 5.33 Å². The molecule has 52 valence electrons. The number of allylic oxidation sites excluding steroid dienone is 4. The second-order valence-electron chi connectivity index (χ2n) is 2.22. The molecule has 0 N–H and O–H groups in total. The summed E-state index contributed by atoms with van der Waals surface area (Å²) in [4.78, 5) is 0. The summed E-state index contributed by atoms with van der Waals surface area (Å²) in [6.07, 6.45) is 5.73. The Morgan fingerprint density at radius 2 is 2.30 bits per heavy atom. The van der Waals surface area contributed by atoms with Gasteiger partial charge >= 0.3 is 0 Å². The summed E-state index contributed by atoms with van der Waals surface area (Å²) in [5, 5.41) is 10.1. The van der Waals surface area contributed by atoms with E-state index < -0.39 is 0 Å². The molecule has 0 radical (unpaired) electrons. The maximum atomic E-state index is 9.37. The van der Waals surface area contributed by atoms with Crippen LogP contribution in [0.2, 0.25) is 0 Å². The first kappa shape index (κ1) is 7.61. The van der Waals surface area contributed by atoms with E-state index in [1.807, 2.05) is 25.5 Å². The Morgan fingerprint density at radius 1 is 1.60 bits per heavy atom. The van der Waals surface area contributed by atoms with Crippen LogP contribution in [0.1, 0.15) is 6.92 Å². The van der Waals surface area contributed by atoms with Crippen molar-refractivity contribution in [2.24, 2.45) is 0 Å². The van der Waals surface area contributed by atoms with Gasteiger partial charge in [-0.05, 0) is 5.71 Å². The van der Waals surface area contributed by atoms with Gasteiger partial charge in [0.2, 0.25) is 0 Å².